The van der Waals surface area contributed by atoms with Crippen LogP contribution in [0.1, 0.15) is 18.4 Å². The van der Waals surface area contributed by atoms with Gasteiger partial charge in [-0.05, 0) is 31.0 Å². The van der Waals surface area contributed by atoms with E-state index in [1.807, 2.05) is 6.07 Å². The van der Waals surface area contributed by atoms with Crippen molar-refractivity contribution >= 4 is 6.08 Å². The van der Waals surface area contributed by atoms with Gasteiger partial charge in [-0.1, -0.05) is 30.3 Å². The van der Waals surface area contributed by atoms with Crippen molar-refractivity contribution in [2.75, 3.05) is 20.6 Å². The number of nitrogens with zero attached hydrogens (tertiary/aromatic N) is 1. The van der Waals surface area contributed by atoms with Gasteiger partial charge in [0.25, 0.3) is 0 Å². The number of allylic oxidation sites excluding steroid dienone is 1. The van der Waals surface area contributed by atoms with Gasteiger partial charge in [-0.15, -0.1) is 0 Å². The third-order valence-corrected chi connectivity index (χ3v) is 2.34. The molecule has 0 atom stereocenters. The molecule has 0 aromatic heterocycles. The van der Waals surface area contributed by atoms with Crippen molar-refractivity contribution in [2.24, 2.45) is 5.73 Å². The first-order valence-electron chi connectivity index (χ1n) is 5.37. The number of benzene rings is 1. The van der Waals surface area contributed by atoms with Crippen LogP contribution in [0.4, 0.5) is 0 Å². The van der Waals surface area contributed by atoms with Gasteiger partial charge in [0.05, 0.1) is 0 Å². The Bertz CT molecular complexity index is 302. The van der Waals surface area contributed by atoms with E-state index in [0.717, 1.165) is 19.4 Å². The molecule has 2 heteroatoms. The molecule has 0 aliphatic rings. The van der Waals surface area contributed by atoms with Gasteiger partial charge < -0.3 is 10.6 Å². The Morgan fingerprint density at radius 2 is 1.93 bits per heavy atom. The number of hydrogen-bond donors (Lipinski definition) is 1. The standard InChI is InChI=1S/C13H20N2/c1-15(2)13(9-6-10-14)11-12-7-4-3-5-8-12/h3-5,7-8,11H,6,9-10,14H2,1-2H3. The molecule has 0 spiro atoms. The van der Waals surface area contributed by atoms with Gasteiger partial charge in [0.1, 0.15) is 0 Å². The zero-order valence-electron chi connectivity index (χ0n) is 9.61. The molecule has 0 bridgehead atoms. The van der Waals surface area contributed by atoms with Crippen LogP contribution >= 0.6 is 0 Å². The monoisotopic (exact) mass is 204 g/mol. The fourth-order valence-corrected chi connectivity index (χ4v) is 1.45. The van der Waals surface area contributed by atoms with Crippen LogP contribution in [0.5, 0.6) is 0 Å². The average molecular weight is 204 g/mol. The topological polar surface area (TPSA) is 29.3 Å². The fourth-order valence-electron chi connectivity index (χ4n) is 1.45. The first-order chi connectivity index (χ1) is 7.24. The molecular weight excluding hydrogens is 184 g/mol. The molecule has 0 radical (unpaired) electrons. The molecular formula is C13H20N2. The van der Waals surface area contributed by atoms with Crippen LogP contribution in [-0.4, -0.2) is 25.5 Å². The lowest BCUT2D eigenvalue weighted by Gasteiger charge is -2.17. The Morgan fingerprint density at radius 1 is 1.27 bits per heavy atom. The Labute approximate surface area is 92.4 Å². The van der Waals surface area contributed by atoms with Gasteiger partial charge >= 0.3 is 0 Å². The minimum absolute atomic E-state index is 0.750. The fraction of sp³-hybridized carbons (Fsp3) is 0.385. The van der Waals surface area contributed by atoms with E-state index in [0.29, 0.717) is 0 Å². The van der Waals surface area contributed by atoms with E-state index in [1.165, 1.54) is 11.3 Å². The van der Waals surface area contributed by atoms with Crippen LogP contribution in [-0.2, 0) is 0 Å². The zero-order valence-corrected chi connectivity index (χ0v) is 9.61. The predicted molar refractivity (Wildman–Crippen MR) is 66.4 cm³/mol. The second kappa shape index (κ2) is 6.25. The van der Waals surface area contributed by atoms with Gasteiger partial charge in [0, 0.05) is 19.8 Å². The summed E-state index contributed by atoms with van der Waals surface area (Å²) in [5.74, 6) is 0. The molecule has 82 valence electrons. The third-order valence-electron chi connectivity index (χ3n) is 2.34. The Morgan fingerprint density at radius 3 is 2.47 bits per heavy atom. The maximum Gasteiger partial charge on any atom is 0.0134 e. The van der Waals surface area contributed by atoms with Crippen molar-refractivity contribution in [1.29, 1.82) is 0 Å². The summed E-state index contributed by atoms with van der Waals surface area (Å²) in [7, 11) is 4.15. The molecule has 0 amide bonds. The Hall–Kier alpha value is -1.28. The zero-order chi connectivity index (χ0) is 11.1. The normalized spacial score (nSPS) is 11.5. The molecule has 0 heterocycles. The summed E-state index contributed by atoms with van der Waals surface area (Å²) >= 11 is 0. The van der Waals surface area contributed by atoms with Crippen molar-refractivity contribution in [2.45, 2.75) is 12.8 Å². The van der Waals surface area contributed by atoms with Gasteiger partial charge in [-0.2, -0.15) is 0 Å². The van der Waals surface area contributed by atoms with Crippen LogP contribution < -0.4 is 5.73 Å². The van der Waals surface area contributed by atoms with E-state index in [1.54, 1.807) is 0 Å². The number of hydrogen-bond acceptors (Lipinski definition) is 2. The van der Waals surface area contributed by atoms with Crippen LogP contribution in [0.15, 0.2) is 36.0 Å². The molecule has 0 saturated heterocycles. The maximum atomic E-state index is 5.52. The molecule has 15 heavy (non-hydrogen) atoms. The molecule has 2 nitrogen and oxygen atoms in total. The van der Waals surface area contributed by atoms with Gasteiger partial charge in [-0.25, -0.2) is 0 Å². The summed E-state index contributed by atoms with van der Waals surface area (Å²) in [6.45, 7) is 0.750. The molecule has 0 fully saturated rings. The maximum absolute atomic E-state index is 5.52. The minimum atomic E-state index is 0.750. The summed E-state index contributed by atoms with van der Waals surface area (Å²) in [4.78, 5) is 2.16. The summed E-state index contributed by atoms with van der Waals surface area (Å²) in [5.41, 5.74) is 8.10. The van der Waals surface area contributed by atoms with E-state index in [9.17, 15) is 0 Å². The third kappa shape index (κ3) is 4.17. The van der Waals surface area contributed by atoms with Gasteiger partial charge in [-0.3, -0.25) is 0 Å². The molecule has 1 rings (SSSR count). The lowest BCUT2D eigenvalue weighted by molar-refractivity contribution is 0.487. The SMILES string of the molecule is CN(C)C(=Cc1ccccc1)CCCN. The summed E-state index contributed by atoms with van der Waals surface area (Å²) in [6, 6.07) is 10.4. The first kappa shape index (κ1) is 11.8. The van der Waals surface area contributed by atoms with Gasteiger partial charge in [0.2, 0.25) is 0 Å². The highest BCUT2D eigenvalue weighted by Gasteiger charge is 1.99. The highest BCUT2D eigenvalue weighted by atomic mass is 15.1. The molecule has 1 aromatic carbocycles. The second-order valence-corrected chi connectivity index (χ2v) is 3.83. The largest absolute Gasteiger partial charge is 0.381 e. The van der Waals surface area contributed by atoms with Crippen molar-refractivity contribution < 1.29 is 0 Å². The quantitative estimate of drug-likeness (QED) is 0.797. The predicted octanol–water partition coefficient (Wildman–Crippen LogP) is 2.33. The van der Waals surface area contributed by atoms with Gasteiger partial charge in [0.15, 0.2) is 0 Å². The smallest absolute Gasteiger partial charge is 0.0134 e. The van der Waals surface area contributed by atoms with Crippen molar-refractivity contribution in [1.82, 2.24) is 4.90 Å². The highest BCUT2D eigenvalue weighted by molar-refractivity contribution is 5.51. The molecule has 0 aliphatic heterocycles. The minimum Gasteiger partial charge on any atom is -0.381 e. The first-order valence-corrected chi connectivity index (χ1v) is 5.37. The Kier molecular flexibility index (Phi) is 4.91. The summed E-state index contributed by atoms with van der Waals surface area (Å²) < 4.78 is 0. The number of nitrogens with two attached hydrogens (primary N) is 1. The summed E-state index contributed by atoms with van der Waals surface area (Å²) in [5, 5.41) is 0. The van der Waals surface area contributed by atoms with Crippen LogP contribution in [0.25, 0.3) is 6.08 Å². The van der Waals surface area contributed by atoms with E-state index < -0.39 is 0 Å². The van der Waals surface area contributed by atoms with E-state index in [-0.39, 0.29) is 0 Å². The lowest BCUT2D eigenvalue weighted by atomic mass is 10.1. The second-order valence-electron chi connectivity index (χ2n) is 3.83. The van der Waals surface area contributed by atoms with Crippen molar-refractivity contribution in [3.05, 3.63) is 41.6 Å². The van der Waals surface area contributed by atoms with E-state index in [2.05, 4.69) is 49.3 Å². The van der Waals surface area contributed by atoms with Crippen molar-refractivity contribution in [3.63, 3.8) is 0 Å². The van der Waals surface area contributed by atoms with Crippen LogP contribution in [0.2, 0.25) is 0 Å². The lowest BCUT2D eigenvalue weighted by Crippen LogP contribution is -2.12. The summed E-state index contributed by atoms with van der Waals surface area (Å²) in [6.07, 6.45) is 4.30. The highest BCUT2D eigenvalue weighted by Crippen LogP contribution is 2.13. The van der Waals surface area contributed by atoms with E-state index in [4.69, 9.17) is 5.73 Å². The molecule has 0 aliphatic carbocycles. The average Bonchev–Trinajstić information content (AvgIpc) is 2.25. The molecule has 0 unspecified atom stereocenters. The van der Waals surface area contributed by atoms with Crippen molar-refractivity contribution in [3.8, 4) is 0 Å². The van der Waals surface area contributed by atoms with E-state index >= 15 is 0 Å². The molecule has 2 N–H and O–H groups in total. The van der Waals surface area contributed by atoms with Crippen LogP contribution in [0, 0.1) is 0 Å². The molecule has 0 saturated carbocycles. The number of rotatable bonds is 5. The van der Waals surface area contributed by atoms with Crippen LogP contribution in [0.3, 0.4) is 0 Å². The molecule has 1 aromatic rings. The Balaban J connectivity index is 2.75.